The number of carbonyl (C=O) groups excluding carboxylic acids is 1. The second-order valence-electron chi connectivity index (χ2n) is 4.76. The van der Waals surface area contributed by atoms with Gasteiger partial charge in [-0.25, -0.2) is 12.8 Å². The van der Waals surface area contributed by atoms with Gasteiger partial charge >= 0.3 is 0 Å². The Morgan fingerprint density at radius 3 is 2.52 bits per heavy atom. The highest BCUT2D eigenvalue weighted by Crippen LogP contribution is 2.18. The standard InChI is InChI=1S/C14H19ClFNO3S/c1-4-17(10(3)9-21(19,20)5-2)14(18)12-8-11(15)6-7-13(12)16/h6-8,10H,4-5,9H2,1-3H3/t10-/m0/s1. The molecule has 7 heteroatoms. The number of carbonyl (C=O) groups is 1. The first kappa shape index (κ1) is 17.9. The molecule has 0 unspecified atom stereocenters. The molecule has 21 heavy (non-hydrogen) atoms. The highest BCUT2D eigenvalue weighted by atomic mass is 35.5. The lowest BCUT2D eigenvalue weighted by Gasteiger charge is -2.28. The van der Waals surface area contributed by atoms with Crippen molar-refractivity contribution in [1.29, 1.82) is 0 Å². The zero-order valence-electron chi connectivity index (χ0n) is 12.3. The molecule has 0 saturated heterocycles. The summed E-state index contributed by atoms with van der Waals surface area (Å²) in [6.07, 6.45) is 0. The number of amides is 1. The maximum atomic E-state index is 13.8. The molecule has 1 rings (SSSR count). The molecule has 0 spiro atoms. The molecule has 0 saturated carbocycles. The Hall–Kier alpha value is -1.14. The normalized spacial score (nSPS) is 13.0. The molecule has 0 heterocycles. The van der Waals surface area contributed by atoms with Crippen LogP contribution in [0.4, 0.5) is 4.39 Å². The second kappa shape index (κ2) is 7.22. The monoisotopic (exact) mass is 335 g/mol. The summed E-state index contributed by atoms with van der Waals surface area (Å²) in [5.41, 5.74) is -0.148. The number of sulfone groups is 1. The molecule has 1 amide bonds. The zero-order chi connectivity index (χ0) is 16.2. The molecular formula is C14H19ClFNO3S. The van der Waals surface area contributed by atoms with E-state index < -0.39 is 27.6 Å². The summed E-state index contributed by atoms with van der Waals surface area (Å²) in [6.45, 7) is 5.19. The van der Waals surface area contributed by atoms with Crippen LogP contribution in [0, 0.1) is 5.82 Å². The van der Waals surface area contributed by atoms with Crippen molar-refractivity contribution < 1.29 is 17.6 Å². The van der Waals surface area contributed by atoms with E-state index in [-0.39, 0.29) is 28.6 Å². The van der Waals surface area contributed by atoms with Gasteiger partial charge in [-0.15, -0.1) is 0 Å². The van der Waals surface area contributed by atoms with Crippen molar-refractivity contribution in [2.45, 2.75) is 26.8 Å². The van der Waals surface area contributed by atoms with E-state index in [1.54, 1.807) is 20.8 Å². The van der Waals surface area contributed by atoms with Crippen molar-refractivity contribution in [2.24, 2.45) is 0 Å². The molecule has 0 aliphatic heterocycles. The van der Waals surface area contributed by atoms with Crippen molar-refractivity contribution in [3.63, 3.8) is 0 Å². The maximum absolute atomic E-state index is 13.8. The summed E-state index contributed by atoms with van der Waals surface area (Å²) in [6, 6.07) is 3.19. The molecule has 0 radical (unpaired) electrons. The van der Waals surface area contributed by atoms with Gasteiger partial charge < -0.3 is 4.90 Å². The number of benzene rings is 1. The molecule has 1 aromatic rings. The Balaban J connectivity index is 3.04. The summed E-state index contributed by atoms with van der Waals surface area (Å²) in [7, 11) is -3.22. The van der Waals surface area contributed by atoms with E-state index in [4.69, 9.17) is 11.6 Å². The van der Waals surface area contributed by atoms with Crippen molar-refractivity contribution >= 4 is 27.3 Å². The van der Waals surface area contributed by atoms with Crippen LogP contribution in [0.2, 0.25) is 5.02 Å². The lowest BCUT2D eigenvalue weighted by Crippen LogP contribution is -2.42. The van der Waals surface area contributed by atoms with Crippen LogP contribution in [0.25, 0.3) is 0 Å². The van der Waals surface area contributed by atoms with E-state index in [0.717, 1.165) is 6.07 Å². The molecule has 1 atom stereocenters. The Kier molecular flexibility index (Phi) is 6.16. The summed E-state index contributed by atoms with van der Waals surface area (Å²) in [5.74, 6) is -1.37. The quantitative estimate of drug-likeness (QED) is 0.803. The van der Waals surface area contributed by atoms with Crippen molar-refractivity contribution in [3.05, 3.63) is 34.6 Å². The predicted molar refractivity (Wildman–Crippen MR) is 81.9 cm³/mol. The molecule has 1 aromatic carbocycles. The van der Waals surface area contributed by atoms with Gasteiger partial charge in [0.25, 0.3) is 5.91 Å². The van der Waals surface area contributed by atoms with Gasteiger partial charge in [-0.2, -0.15) is 0 Å². The van der Waals surface area contributed by atoms with E-state index in [0.29, 0.717) is 0 Å². The van der Waals surface area contributed by atoms with Crippen molar-refractivity contribution in [2.75, 3.05) is 18.1 Å². The summed E-state index contributed by atoms with van der Waals surface area (Å²) >= 11 is 5.78. The SMILES string of the molecule is CCN(C(=O)c1cc(Cl)ccc1F)[C@@H](C)CS(=O)(=O)CC. The highest BCUT2D eigenvalue weighted by molar-refractivity contribution is 7.91. The molecule has 0 N–H and O–H groups in total. The van der Waals surface area contributed by atoms with E-state index >= 15 is 0 Å². The van der Waals surface area contributed by atoms with Crippen molar-refractivity contribution in [3.8, 4) is 0 Å². The van der Waals surface area contributed by atoms with Gasteiger partial charge in [-0.3, -0.25) is 4.79 Å². The van der Waals surface area contributed by atoms with Crippen LogP contribution in [-0.2, 0) is 9.84 Å². The van der Waals surface area contributed by atoms with Gasteiger partial charge in [-0.1, -0.05) is 18.5 Å². The van der Waals surface area contributed by atoms with Crippen LogP contribution in [0.5, 0.6) is 0 Å². The average molecular weight is 336 g/mol. The fourth-order valence-corrected chi connectivity index (χ4v) is 3.37. The van der Waals surface area contributed by atoms with Crippen LogP contribution in [0.15, 0.2) is 18.2 Å². The van der Waals surface area contributed by atoms with Crippen LogP contribution >= 0.6 is 11.6 Å². The lowest BCUT2D eigenvalue weighted by molar-refractivity contribution is 0.0714. The first-order chi connectivity index (χ1) is 9.71. The van der Waals surface area contributed by atoms with Gasteiger partial charge in [0.2, 0.25) is 0 Å². The number of hydrogen-bond donors (Lipinski definition) is 0. The first-order valence-electron chi connectivity index (χ1n) is 6.68. The lowest BCUT2D eigenvalue weighted by atomic mass is 10.1. The van der Waals surface area contributed by atoms with Crippen LogP contribution in [0.3, 0.4) is 0 Å². The third kappa shape index (κ3) is 4.68. The molecule has 4 nitrogen and oxygen atoms in total. The van der Waals surface area contributed by atoms with Crippen molar-refractivity contribution in [1.82, 2.24) is 4.90 Å². The van der Waals surface area contributed by atoms with Gasteiger partial charge in [0.1, 0.15) is 5.82 Å². The van der Waals surface area contributed by atoms with Crippen LogP contribution in [0.1, 0.15) is 31.1 Å². The molecule has 0 bridgehead atoms. The number of halogens is 2. The molecule has 0 aromatic heterocycles. The zero-order valence-corrected chi connectivity index (χ0v) is 13.8. The minimum Gasteiger partial charge on any atom is -0.335 e. The molecule has 0 aliphatic carbocycles. The molecule has 118 valence electrons. The number of hydrogen-bond acceptors (Lipinski definition) is 3. The first-order valence-corrected chi connectivity index (χ1v) is 8.88. The summed E-state index contributed by atoms with van der Waals surface area (Å²) in [4.78, 5) is 13.7. The van der Waals surface area contributed by atoms with E-state index in [9.17, 15) is 17.6 Å². The van der Waals surface area contributed by atoms with Gasteiger partial charge in [0.05, 0.1) is 11.3 Å². The largest absolute Gasteiger partial charge is 0.335 e. The van der Waals surface area contributed by atoms with Gasteiger partial charge in [-0.05, 0) is 32.0 Å². The average Bonchev–Trinajstić information content (AvgIpc) is 2.41. The Labute approximate surface area is 129 Å². The third-order valence-electron chi connectivity index (χ3n) is 3.23. The Morgan fingerprint density at radius 1 is 1.38 bits per heavy atom. The smallest absolute Gasteiger partial charge is 0.257 e. The van der Waals surface area contributed by atoms with E-state index in [2.05, 4.69) is 0 Å². The number of nitrogens with zero attached hydrogens (tertiary/aromatic N) is 1. The minimum atomic E-state index is -3.22. The molecule has 0 aliphatic rings. The topological polar surface area (TPSA) is 54.5 Å². The van der Waals surface area contributed by atoms with Crippen LogP contribution in [-0.4, -0.2) is 43.3 Å². The maximum Gasteiger partial charge on any atom is 0.257 e. The molecule has 0 fully saturated rings. The summed E-state index contributed by atoms with van der Waals surface area (Å²) in [5, 5.41) is 0.254. The second-order valence-corrected chi connectivity index (χ2v) is 7.60. The predicted octanol–water partition coefficient (Wildman–Crippen LogP) is 2.76. The van der Waals surface area contributed by atoms with Gasteiger partial charge in [0, 0.05) is 23.4 Å². The Morgan fingerprint density at radius 2 is 2.00 bits per heavy atom. The highest BCUT2D eigenvalue weighted by Gasteiger charge is 2.26. The number of rotatable bonds is 6. The fraction of sp³-hybridized carbons (Fsp3) is 0.500. The fourth-order valence-electron chi connectivity index (χ4n) is 2.05. The molecular weight excluding hydrogens is 317 g/mol. The van der Waals surface area contributed by atoms with E-state index in [1.165, 1.54) is 17.0 Å². The third-order valence-corrected chi connectivity index (χ3v) is 5.33. The van der Waals surface area contributed by atoms with E-state index in [1.807, 2.05) is 0 Å². The Bertz CT molecular complexity index is 619. The van der Waals surface area contributed by atoms with Crippen LogP contribution < -0.4 is 0 Å². The summed E-state index contributed by atoms with van der Waals surface area (Å²) < 4.78 is 37.1. The minimum absolute atomic E-state index is 0.00854. The van der Waals surface area contributed by atoms with Gasteiger partial charge in [0.15, 0.2) is 9.84 Å².